The van der Waals surface area contributed by atoms with Crippen LogP contribution in [0.25, 0.3) is 0 Å². The van der Waals surface area contributed by atoms with Crippen molar-refractivity contribution in [2.75, 3.05) is 24.4 Å². The molecule has 0 spiro atoms. The zero-order chi connectivity index (χ0) is 25.0. The van der Waals surface area contributed by atoms with Crippen LogP contribution in [-0.2, 0) is 24.8 Å². The van der Waals surface area contributed by atoms with Crippen molar-refractivity contribution in [1.29, 1.82) is 0 Å². The summed E-state index contributed by atoms with van der Waals surface area (Å²) in [6.45, 7) is 6.60. The Balaban J connectivity index is 1.59. The van der Waals surface area contributed by atoms with Crippen LogP contribution in [0.1, 0.15) is 33.6 Å². The normalized spacial score (nSPS) is 15.7. The van der Waals surface area contributed by atoms with Crippen LogP contribution < -0.4 is 9.44 Å². The molecule has 0 aliphatic carbocycles. The largest absolute Gasteiger partial charge is 0.444 e. The number of carbonyl (C=O) groups is 1. The summed E-state index contributed by atoms with van der Waals surface area (Å²) in [5.74, 6) is 0.0557. The number of benzene rings is 2. The van der Waals surface area contributed by atoms with Gasteiger partial charge in [0.2, 0.25) is 10.0 Å². The van der Waals surface area contributed by atoms with E-state index in [-0.39, 0.29) is 28.3 Å². The first-order valence-corrected chi connectivity index (χ1v) is 14.0. The van der Waals surface area contributed by atoms with Crippen LogP contribution in [-0.4, -0.2) is 53.1 Å². The van der Waals surface area contributed by atoms with Gasteiger partial charge in [-0.05, 0) is 69.9 Å². The minimum absolute atomic E-state index is 0.0557. The van der Waals surface area contributed by atoms with Crippen LogP contribution >= 0.6 is 0 Å². The zero-order valence-electron chi connectivity index (χ0n) is 19.5. The van der Waals surface area contributed by atoms with E-state index in [2.05, 4.69) is 9.44 Å². The number of ether oxygens (including phenoxy) is 1. The summed E-state index contributed by atoms with van der Waals surface area (Å²) in [6, 6.07) is 13.6. The summed E-state index contributed by atoms with van der Waals surface area (Å²) in [5, 5.41) is 0. The lowest BCUT2D eigenvalue weighted by Crippen LogP contribution is -2.43. The number of rotatable bonds is 7. The Labute approximate surface area is 201 Å². The minimum Gasteiger partial charge on any atom is -0.444 e. The quantitative estimate of drug-likeness (QED) is 0.590. The van der Waals surface area contributed by atoms with Crippen molar-refractivity contribution < 1.29 is 26.4 Å². The van der Waals surface area contributed by atoms with Crippen LogP contribution in [0.4, 0.5) is 10.5 Å². The summed E-state index contributed by atoms with van der Waals surface area (Å²) in [4.78, 5) is 13.5. The molecule has 1 aliphatic heterocycles. The maximum atomic E-state index is 12.8. The van der Waals surface area contributed by atoms with E-state index in [1.54, 1.807) is 35.2 Å². The average Bonchev–Trinajstić information content (AvgIpc) is 2.77. The first-order valence-electron chi connectivity index (χ1n) is 11.0. The van der Waals surface area contributed by atoms with E-state index in [0.717, 1.165) is 6.07 Å². The van der Waals surface area contributed by atoms with Crippen LogP contribution in [0.15, 0.2) is 64.4 Å². The van der Waals surface area contributed by atoms with Crippen molar-refractivity contribution in [1.82, 2.24) is 9.62 Å². The van der Waals surface area contributed by atoms with Crippen LogP contribution in [0.2, 0.25) is 0 Å². The van der Waals surface area contributed by atoms with E-state index in [9.17, 15) is 21.6 Å². The third kappa shape index (κ3) is 7.18. The second-order valence-electron chi connectivity index (χ2n) is 9.21. The molecule has 0 aromatic heterocycles. The molecule has 1 aliphatic rings. The molecule has 0 atom stereocenters. The highest BCUT2D eigenvalue weighted by atomic mass is 32.2. The summed E-state index contributed by atoms with van der Waals surface area (Å²) in [7, 11) is -7.87. The lowest BCUT2D eigenvalue weighted by Gasteiger charge is -2.33. The number of sulfonamides is 2. The predicted molar refractivity (Wildman–Crippen MR) is 129 cm³/mol. The van der Waals surface area contributed by atoms with E-state index in [4.69, 9.17) is 4.74 Å². The molecule has 1 amide bonds. The lowest BCUT2D eigenvalue weighted by molar-refractivity contribution is 0.0185. The van der Waals surface area contributed by atoms with Gasteiger partial charge < -0.3 is 9.64 Å². The van der Waals surface area contributed by atoms with Gasteiger partial charge in [-0.15, -0.1) is 0 Å². The van der Waals surface area contributed by atoms with Gasteiger partial charge in [0.15, 0.2) is 0 Å². The predicted octanol–water partition coefficient (Wildman–Crippen LogP) is 3.41. The van der Waals surface area contributed by atoms with Gasteiger partial charge in [-0.2, -0.15) is 0 Å². The van der Waals surface area contributed by atoms with Gasteiger partial charge in [-0.3, -0.25) is 4.72 Å². The van der Waals surface area contributed by atoms with Gasteiger partial charge in [0, 0.05) is 25.3 Å². The number of amides is 1. The summed E-state index contributed by atoms with van der Waals surface area (Å²) >= 11 is 0. The maximum Gasteiger partial charge on any atom is 0.410 e. The molecule has 11 heteroatoms. The molecule has 1 saturated heterocycles. The Morgan fingerprint density at radius 3 is 2.12 bits per heavy atom. The SMILES string of the molecule is CC(C)(C)OC(=O)N1CCC(CNS(=O)(=O)c2cccc(S(=O)(=O)Nc3ccccc3)c2)CC1. The first-order chi connectivity index (χ1) is 15.9. The van der Waals surface area contributed by atoms with E-state index in [0.29, 0.717) is 31.6 Å². The Hall–Kier alpha value is -2.63. The van der Waals surface area contributed by atoms with Crippen molar-refractivity contribution >= 4 is 31.8 Å². The summed E-state index contributed by atoms with van der Waals surface area (Å²) in [5.41, 5.74) is -0.186. The number of para-hydroxylation sites is 1. The standard InChI is InChI=1S/C23H31N3O6S2/c1-23(2,3)32-22(27)26-14-12-18(13-15-26)17-24-33(28,29)20-10-7-11-21(16-20)34(30,31)25-19-8-5-4-6-9-19/h4-11,16,18,24-25H,12-15,17H2,1-3H3. The third-order valence-corrected chi connectivity index (χ3v) is 8.08. The lowest BCUT2D eigenvalue weighted by atomic mass is 9.97. The van der Waals surface area contributed by atoms with Crippen LogP contribution in [0, 0.1) is 5.92 Å². The molecule has 0 radical (unpaired) electrons. The Kier molecular flexibility index (Phi) is 7.89. The average molecular weight is 510 g/mol. The molecule has 1 fully saturated rings. The second kappa shape index (κ2) is 10.3. The van der Waals surface area contributed by atoms with E-state index < -0.39 is 25.6 Å². The number of piperidine rings is 1. The molecular formula is C23H31N3O6S2. The molecule has 0 saturated carbocycles. The molecule has 34 heavy (non-hydrogen) atoms. The van der Waals surface area contributed by atoms with Gasteiger partial charge in [-0.25, -0.2) is 26.4 Å². The highest BCUT2D eigenvalue weighted by molar-refractivity contribution is 7.93. The minimum atomic E-state index is -3.95. The number of nitrogens with zero attached hydrogens (tertiary/aromatic N) is 1. The van der Waals surface area contributed by atoms with Gasteiger partial charge >= 0.3 is 6.09 Å². The first kappa shape index (κ1) is 26.0. The number of likely N-dealkylation sites (tertiary alicyclic amines) is 1. The molecule has 186 valence electrons. The fraction of sp³-hybridized carbons (Fsp3) is 0.435. The number of carbonyl (C=O) groups excluding carboxylic acids is 1. The number of nitrogens with one attached hydrogen (secondary N) is 2. The van der Waals surface area contributed by atoms with Crippen molar-refractivity contribution in [3.05, 3.63) is 54.6 Å². The Morgan fingerprint density at radius 2 is 1.53 bits per heavy atom. The van der Waals surface area contributed by atoms with Crippen LogP contribution in [0.5, 0.6) is 0 Å². The molecule has 2 N–H and O–H groups in total. The fourth-order valence-electron chi connectivity index (χ4n) is 3.49. The summed E-state index contributed by atoms with van der Waals surface area (Å²) < 4.78 is 61.4. The molecule has 3 rings (SSSR count). The van der Waals surface area contributed by atoms with Gasteiger partial charge in [0.1, 0.15) is 5.60 Å². The van der Waals surface area contributed by atoms with Crippen LogP contribution in [0.3, 0.4) is 0 Å². The molecular weight excluding hydrogens is 478 g/mol. The van der Waals surface area contributed by atoms with Crippen molar-refractivity contribution in [2.24, 2.45) is 5.92 Å². The monoisotopic (exact) mass is 509 g/mol. The Morgan fingerprint density at radius 1 is 0.941 bits per heavy atom. The number of hydrogen-bond acceptors (Lipinski definition) is 6. The number of hydrogen-bond donors (Lipinski definition) is 2. The molecule has 1 heterocycles. The molecule has 0 unspecified atom stereocenters. The fourth-order valence-corrected chi connectivity index (χ4v) is 5.83. The molecule has 0 bridgehead atoms. The van der Waals surface area contributed by atoms with E-state index in [1.165, 1.54) is 18.2 Å². The maximum absolute atomic E-state index is 12.8. The topological polar surface area (TPSA) is 122 Å². The molecule has 2 aromatic rings. The number of anilines is 1. The van der Waals surface area contributed by atoms with Gasteiger partial charge in [0.25, 0.3) is 10.0 Å². The molecule has 9 nitrogen and oxygen atoms in total. The third-order valence-electron chi connectivity index (χ3n) is 5.28. The van der Waals surface area contributed by atoms with Crippen molar-refractivity contribution in [2.45, 2.75) is 49.0 Å². The van der Waals surface area contributed by atoms with Crippen molar-refractivity contribution in [3.8, 4) is 0 Å². The smallest absolute Gasteiger partial charge is 0.410 e. The zero-order valence-corrected chi connectivity index (χ0v) is 21.2. The van der Waals surface area contributed by atoms with E-state index >= 15 is 0 Å². The van der Waals surface area contributed by atoms with Gasteiger partial charge in [0.05, 0.1) is 9.79 Å². The second-order valence-corrected chi connectivity index (χ2v) is 12.7. The highest BCUT2D eigenvalue weighted by Gasteiger charge is 2.28. The highest BCUT2D eigenvalue weighted by Crippen LogP contribution is 2.22. The molecule has 2 aromatic carbocycles. The van der Waals surface area contributed by atoms with E-state index in [1.807, 2.05) is 20.8 Å². The summed E-state index contributed by atoms with van der Waals surface area (Å²) in [6.07, 6.45) is 0.905. The van der Waals surface area contributed by atoms with Gasteiger partial charge in [-0.1, -0.05) is 24.3 Å². The van der Waals surface area contributed by atoms with Crippen molar-refractivity contribution in [3.63, 3.8) is 0 Å². The Bertz CT molecular complexity index is 1200.